The Balaban J connectivity index is 2.07. The molecule has 1 fully saturated rings. The van der Waals surface area contributed by atoms with Gasteiger partial charge in [0, 0.05) is 24.0 Å². The Morgan fingerprint density at radius 2 is 2.25 bits per heavy atom. The summed E-state index contributed by atoms with van der Waals surface area (Å²) in [7, 11) is 2.11. The van der Waals surface area contributed by atoms with Gasteiger partial charge in [0.05, 0.1) is 6.04 Å². The number of hydrogen-bond acceptors (Lipinski definition) is 4. The SMILES string of the molecule is CCC1NC(c2cccs2)N(CCN(C)C(C)C)C1=O. The van der Waals surface area contributed by atoms with Gasteiger partial charge in [0.2, 0.25) is 5.91 Å². The molecule has 20 heavy (non-hydrogen) atoms. The van der Waals surface area contributed by atoms with Crippen LogP contribution in [0, 0.1) is 0 Å². The third kappa shape index (κ3) is 3.22. The van der Waals surface area contributed by atoms with Gasteiger partial charge in [0.25, 0.3) is 0 Å². The summed E-state index contributed by atoms with van der Waals surface area (Å²) in [4.78, 5) is 18.0. The van der Waals surface area contributed by atoms with E-state index in [-0.39, 0.29) is 18.1 Å². The van der Waals surface area contributed by atoms with Gasteiger partial charge in [-0.05, 0) is 38.8 Å². The lowest BCUT2D eigenvalue weighted by atomic mass is 10.2. The molecule has 5 heteroatoms. The van der Waals surface area contributed by atoms with Crippen molar-refractivity contribution in [1.29, 1.82) is 0 Å². The highest BCUT2D eigenvalue weighted by molar-refractivity contribution is 7.10. The van der Waals surface area contributed by atoms with Crippen LogP contribution in [0.15, 0.2) is 17.5 Å². The average molecular weight is 295 g/mol. The molecule has 1 aliphatic heterocycles. The highest BCUT2D eigenvalue weighted by atomic mass is 32.1. The van der Waals surface area contributed by atoms with Gasteiger partial charge >= 0.3 is 0 Å². The summed E-state index contributed by atoms with van der Waals surface area (Å²) in [6.07, 6.45) is 0.894. The van der Waals surface area contributed by atoms with Gasteiger partial charge in [0.15, 0.2) is 0 Å². The standard InChI is InChI=1S/C15H25N3OS/c1-5-12-15(19)18(9-8-17(4)11(2)3)14(16-12)13-7-6-10-20-13/h6-7,10-12,14,16H,5,8-9H2,1-4H3. The highest BCUT2D eigenvalue weighted by Crippen LogP contribution is 2.29. The number of nitrogens with zero attached hydrogens (tertiary/aromatic N) is 2. The van der Waals surface area contributed by atoms with Crippen molar-refractivity contribution in [3.63, 3.8) is 0 Å². The molecule has 2 atom stereocenters. The minimum atomic E-state index is -0.0357. The Labute approximate surface area is 125 Å². The van der Waals surface area contributed by atoms with Crippen LogP contribution in [-0.2, 0) is 4.79 Å². The van der Waals surface area contributed by atoms with Crippen molar-refractivity contribution >= 4 is 17.2 Å². The zero-order valence-corrected chi connectivity index (χ0v) is 13.6. The van der Waals surface area contributed by atoms with E-state index < -0.39 is 0 Å². The molecule has 2 rings (SSSR count). The third-order valence-corrected chi connectivity index (χ3v) is 4.97. The smallest absolute Gasteiger partial charge is 0.241 e. The fraction of sp³-hybridized carbons (Fsp3) is 0.667. The number of hydrogen-bond donors (Lipinski definition) is 1. The Morgan fingerprint density at radius 3 is 2.80 bits per heavy atom. The summed E-state index contributed by atoms with van der Waals surface area (Å²) in [5, 5.41) is 5.53. The molecule has 0 bridgehead atoms. The first-order valence-electron chi connectivity index (χ1n) is 7.34. The molecule has 1 amide bonds. The van der Waals surface area contributed by atoms with Crippen LogP contribution in [0.5, 0.6) is 0 Å². The quantitative estimate of drug-likeness (QED) is 0.875. The monoisotopic (exact) mass is 295 g/mol. The largest absolute Gasteiger partial charge is 0.319 e. The molecule has 1 aromatic rings. The van der Waals surface area contributed by atoms with Crippen LogP contribution in [0.1, 0.15) is 38.2 Å². The number of thiophene rings is 1. The lowest BCUT2D eigenvalue weighted by Crippen LogP contribution is -2.39. The molecule has 0 aromatic carbocycles. The topological polar surface area (TPSA) is 35.6 Å². The maximum Gasteiger partial charge on any atom is 0.241 e. The van der Waals surface area contributed by atoms with Gasteiger partial charge in [-0.15, -0.1) is 11.3 Å². The minimum Gasteiger partial charge on any atom is -0.319 e. The maximum atomic E-state index is 12.5. The van der Waals surface area contributed by atoms with Crippen LogP contribution in [0.3, 0.4) is 0 Å². The van der Waals surface area contributed by atoms with Crippen LogP contribution in [-0.4, -0.2) is 47.9 Å². The zero-order chi connectivity index (χ0) is 14.7. The summed E-state index contributed by atoms with van der Waals surface area (Å²) >= 11 is 1.71. The van der Waals surface area contributed by atoms with E-state index in [1.165, 1.54) is 4.88 Å². The van der Waals surface area contributed by atoms with E-state index in [1.54, 1.807) is 11.3 Å². The number of carbonyl (C=O) groups is 1. The molecule has 0 aliphatic carbocycles. The fourth-order valence-electron chi connectivity index (χ4n) is 2.42. The van der Waals surface area contributed by atoms with Gasteiger partial charge in [-0.2, -0.15) is 0 Å². The molecule has 112 valence electrons. The van der Waals surface area contributed by atoms with Crippen LogP contribution < -0.4 is 5.32 Å². The molecule has 1 saturated heterocycles. The predicted molar refractivity (Wildman–Crippen MR) is 83.8 cm³/mol. The second-order valence-electron chi connectivity index (χ2n) is 5.65. The van der Waals surface area contributed by atoms with Crippen molar-refractivity contribution in [3.05, 3.63) is 22.4 Å². The lowest BCUT2D eigenvalue weighted by molar-refractivity contribution is -0.130. The van der Waals surface area contributed by atoms with Crippen molar-refractivity contribution in [2.75, 3.05) is 20.1 Å². The fourth-order valence-corrected chi connectivity index (χ4v) is 3.21. The number of likely N-dealkylation sites (N-methyl/N-ethyl adjacent to an activating group) is 1. The minimum absolute atomic E-state index is 0.0357. The van der Waals surface area contributed by atoms with Crippen molar-refractivity contribution < 1.29 is 4.79 Å². The van der Waals surface area contributed by atoms with E-state index in [4.69, 9.17) is 0 Å². The van der Waals surface area contributed by atoms with Crippen molar-refractivity contribution in [3.8, 4) is 0 Å². The molecular formula is C15H25N3OS. The summed E-state index contributed by atoms with van der Waals surface area (Å²) in [6.45, 7) is 8.10. The van der Waals surface area contributed by atoms with E-state index in [0.717, 1.165) is 19.5 Å². The van der Waals surface area contributed by atoms with Gasteiger partial charge in [-0.3, -0.25) is 10.1 Å². The summed E-state index contributed by atoms with van der Waals surface area (Å²) < 4.78 is 0. The molecule has 1 aliphatic rings. The first-order valence-corrected chi connectivity index (χ1v) is 8.22. The van der Waals surface area contributed by atoms with Crippen molar-refractivity contribution in [2.24, 2.45) is 0 Å². The van der Waals surface area contributed by atoms with Gasteiger partial charge in [-0.1, -0.05) is 13.0 Å². The highest BCUT2D eigenvalue weighted by Gasteiger charge is 2.38. The van der Waals surface area contributed by atoms with Crippen LogP contribution in [0.4, 0.5) is 0 Å². The van der Waals surface area contributed by atoms with E-state index in [0.29, 0.717) is 6.04 Å². The molecule has 0 spiro atoms. The maximum absolute atomic E-state index is 12.5. The molecule has 0 radical (unpaired) electrons. The summed E-state index contributed by atoms with van der Waals surface area (Å²) in [5.41, 5.74) is 0. The molecular weight excluding hydrogens is 270 g/mol. The molecule has 1 aromatic heterocycles. The normalized spacial score (nSPS) is 23.3. The van der Waals surface area contributed by atoms with E-state index in [2.05, 4.69) is 49.5 Å². The Hall–Kier alpha value is -0.910. The number of nitrogens with one attached hydrogen (secondary N) is 1. The lowest BCUT2D eigenvalue weighted by Gasteiger charge is -2.28. The van der Waals surface area contributed by atoms with Gasteiger partial charge in [-0.25, -0.2) is 0 Å². The first-order chi connectivity index (χ1) is 9.54. The number of rotatable bonds is 6. The number of carbonyl (C=O) groups excluding carboxylic acids is 1. The first kappa shape index (κ1) is 15.5. The van der Waals surface area contributed by atoms with Crippen LogP contribution >= 0.6 is 11.3 Å². The van der Waals surface area contributed by atoms with E-state index in [1.807, 2.05) is 11.0 Å². The second-order valence-corrected chi connectivity index (χ2v) is 6.63. The Morgan fingerprint density at radius 1 is 1.50 bits per heavy atom. The second kappa shape index (κ2) is 6.70. The molecule has 2 unspecified atom stereocenters. The molecule has 4 nitrogen and oxygen atoms in total. The molecule has 1 N–H and O–H groups in total. The molecule has 0 saturated carbocycles. The number of amides is 1. The summed E-state index contributed by atoms with van der Waals surface area (Å²) in [6, 6.07) is 4.62. The van der Waals surface area contributed by atoms with Crippen molar-refractivity contribution in [2.45, 2.75) is 45.4 Å². The zero-order valence-electron chi connectivity index (χ0n) is 12.8. The van der Waals surface area contributed by atoms with Crippen LogP contribution in [0.25, 0.3) is 0 Å². The summed E-state index contributed by atoms with van der Waals surface area (Å²) in [5.74, 6) is 0.239. The third-order valence-electron chi connectivity index (χ3n) is 4.05. The Bertz CT molecular complexity index is 432. The molecule has 2 heterocycles. The van der Waals surface area contributed by atoms with Gasteiger partial charge in [0.1, 0.15) is 6.17 Å². The van der Waals surface area contributed by atoms with Crippen LogP contribution in [0.2, 0.25) is 0 Å². The van der Waals surface area contributed by atoms with Gasteiger partial charge < -0.3 is 9.80 Å². The van der Waals surface area contributed by atoms with E-state index >= 15 is 0 Å². The predicted octanol–water partition coefficient (Wildman–Crippen LogP) is 2.30. The van der Waals surface area contributed by atoms with E-state index in [9.17, 15) is 4.79 Å². The Kier molecular flexibility index (Phi) is 5.18. The van der Waals surface area contributed by atoms with Crippen molar-refractivity contribution in [1.82, 2.24) is 15.1 Å². The average Bonchev–Trinajstić information content (AvgIpc) is 3.03.